The molecule has 0 aliphatic heterocycles. The topological polar surface area (TPSA) is 78.3 Å². The highest BCUT2D eigenvalue weighted by Crippen LogP contribution is 2.30. The van der Waals surface area contributed by atoms with E-state index in [1.165, 1.54) is 0 Å². The third-order valence-electron chi connectivity index (χ3n) is 4.30. The minimum atomic E-state index is -0.251. The minimum absolute atomic E-state index is 0.194. The van der Waals surface area contributed by atoms with Gasteiger partial charge in [0.25, 0.3) is 5.91 Å². The first kappa shape index (κ1) is 19.7. The van der Waals surface area contributed by atoms with Crippen molar-refractivity contribution in [1.82, 2.24) is 14.8 Å². The van der Waals surface area contributed by atoms with E-state index >= 15 is 0 Å². The zero-order chi connectivity index (χ0) is 20.3. The lowest BCUT2D eigenvalue weighted by atomic mass is 10.1. The standard InChI is InChI=1S/C21H26N4O3/c1-6-27-16-8-9-19(28-7-2)18(11-16)24-21(26)17-10-15-12-22-25(13(3)4)20(15)23-14(17)5/h8-13H,6-7H2,1-5H3,(H,24,26). The molecule has 0 spiro atoms. The second kappa shape index (κ2) is 8.29. The number of carbonyl (C=O) groups excluding carboxylic acids is 1. The van der Waals surface area contributed by atoms with Gasteiger partial charge in [0, 0.05) is 17.5 Å². The summed E-state index contributed by atoms with van der Waals surface area (Å²) in [4.78, 5) is 17.6. The molecule has 0 radical (unpaired) electrons. The fourth-order valence-corrected chi connectivity index (χ4v) is 3.01. The van der Waals surface area contributed by atoms with E-state index in [9.17, 15) is 4.79 Å². The van der Waals surface area contributed by atoms with Gasteiger partial charge in [-0.2, -0.15) is 5.10 Å². The van der Waals surface area contributed by atoms with Crippen molar-refractivity contribution in [2.24, 2.45) is 0 Å². The van der Waals surface area contributed by atoms with Crippen LogP contribution in [0.4, 0.5) is 5.69 Å². The van der Waals surface area contributed by atoms with Crippen molar-refractivity contribution in [3.8, 4) is 11.5 Å². The zero-order valence-corrected chi connectivity index (χ0v) is 16.9. The molecule has 3 rings (SSSR count). The molecule has 0 bridgehead atoms. The molecule has 0 unspecified atom stereocenters. The summed E-state index contributed by atoms with van der Waals surface area (Å²) in [6.07, 6.45) is 1.74. The van der Waals surface area contributed by atoms with Crippen LogP contribution in [-0.2, 0) is 0 Å². The Morgan fingerprint density at radius 2 is 1.93 bits per heavy atom. The van der Waals surface area contributed by atoms with E-state index in [4.69, 9.17) is 9.47 Å². The third kappa shape index (κ3) is 3.93. The Kier molecular flexibility index (Phi) is 5.82. The number of amides is 1. The molecule has 2 aromatic heterocycles. The van der Waals surface area contributed by atoms with Gasteiger partial charge in [-0.25, -0.2) is 9.67 Å². The van der Waals surface area contributed by atoms with Gasteiger partial charge in [-0.15, -0.1) is 0 Å². The summed E-state index contributed by atoms with van der Waals surface area (Å²) in [7, 11) is 0. The van der Waals surface area contributed by atoms with Gasteiger partial charge < -0.3 is 14.8 Å². The number of nitrogens with one attached hydrogen (secondary N) is 1. The van der Waals surface area contributed by atoms with Crippen LogP contribution in [-0.4, -0.2) is 33.9 Å². The summed E-state index contributed by atoms with van der Waals surface area (Å²) in [5.74, 6) is 1.02. The maximum Gasteiger partial charge on any atom is 0.257 e. The minimum Gasteiger partial charge on any atom is -0.494 e. The Morgan fingerprint density at radius 3 is 2.61 bits per heavy atom. The molecule has 28 heavy (non-hydrogen) atoms. The molecule has 0 aliphatic rings. The number of aryl methyl sites for hydroxylation is 1. The number of hydrogen-bond acceptors (Lipinski definition) is 5. The van der Waals surface area contributed by atoms with Gasteiger partial charge in [0.1, 0.15) is 11.5 Å². The lowest BCUT2D eigenvalue weighted by molar-refractivity contribution is 0.102. The molecular formula is C21H26N4O3. The van der Waals surface area contributed by atoms with Gasteiger partial charge in [-0.3, -0.25) is 4.79 Å². The SMILES string of the molecule is CCOc1ccc(OCC)c(NC(=O)c2cc3cnn(C(C)C)c3nc2C)c1. The van der Waals surface area contributed by atoms with Gasteiger partial charge in [0.15, 0.2) is 5.65 Å². The van der Waals surface area contributed by atoms with Crippen molar-refractivity contribution >= 4 is 22.6 Å². The Labute approximate surface area is 164 Å². The average Bonchev–Trinajstić information content (AvgIpc) is 3.06. The summed E-state index contributed by atoms with van der Waals surface area (Å²) in [6, 6.07) is 7.41. The third-order valence-corrected chi connectivity index (χ3v) is 4.30. The second-order valence-corrected chi connectivity index (χ2v) is 6.70. The number of ether oxygens (including phenoxy) is 2. The largest absolute Gasteiger partial charge is 0.494 e. The zero-order valence-electron chi connectivity index (χ0n) is 16.9. The first-order valence-corrected chi connectivity index (χ1v) is 9.50. The highest BCUT2D eigenvalue weighted by molar-refractivity contribution is 6.07. The number of benzene rings is 1. The molecule has 2 heterocycles. The first-order valence-electron chi connectivity index (χ1n) is 9.50. The molecule has 7 heteroatoms. The van der Waals surface area contributed by atoms with Gasteiger partial charge in [-0.05, 0) is 52.8 Å². The first-order chi connectivity index (χ1) is 13.4. The number of carbonyl (C=O) groups is 1. The highest BCUT2D eigenvalue weighted by atomic mass is 16.5. The summed E-state index contributed by atoms with van der Waals surface area (Å²) >= 11 is 0. The number of rotatable bonds is 7. The van der Waals surface area contributed by atoms with E-state index in [1.807, 2.05) is 51.4 Å². The maximum absolute atomic E-state index is 13.0. The second-order valence-electron chi connectivity index (χ2n) is 6.70. The van der Waals surface area contributed by atoms with Crippen LogP contribution in [0.1, 0.15) is 49.8 Å². The number of pyridine rings is 1. The summed E-state index contributed by atoms with van der Waals surface area (Å²) in [5, 5.41) is 8.14. The Balaban J connectivity index is 1.94. The molecule has 148 valence electrons. The number of hydrogen-bond donors (Lipinski definition) is 1. The van der Waals surface area contributed by atoms with Gasteiger partial charge in [0.2, 0.25) is 0 Å². The van der Waals surface area contributed by atoms with Crippen molar-refractivity contribution in [3.63, 3.8) is 0 Å². The van der Waals surface area contributed by atoms with Crippen molar-refractivity contribution in [3.05, 3.63) is 41.7 Å². The fraction of sp³-hybridized carbons (Fsp3) is 0.381. The summed E-state index contributed by atoms with van der Waals surface area (Å²) in [6.45, 7) is 10.8. The maximum atomic E-state index is 13.0. The van der Waals surface area contributed by atoms with Crippen molar-refractivity contribution in [1.29, 1.82) is 0 Å². The Hall–Kier alpha value is -3.09. The quantitative estimate of drug-likeness (QED) is 0.656. The smallest absolute Gasteiger partial charge is 0.257 e. The van der Waals surface area contributed by atoms with Gasteiger partial charge >= 0.3 is 0 Å². The monoisotopic (exact) mass is 382 g/mol. The van der Waals surface area contributed by atoms with Crippen LogP contribution in [0, 0.1) is 6.92 Å². The molecule has 0 atom stereocenters. The average molecular weight is 382 g/mol. The van der Waals surface area contributed by atoms with Crippen molar-refractivity contribution in [2.75, 3.05) is 18.5 Å². The Bertz CT molecular complexity index is 995. The van der Waals surface area contributed by atoms with Crippen LogP contribution >= 0.6 is 0 Å². The lowest BCUT2D eigenvalue weighted by Crippen LogP contribution is -2.15. The van der Waals surface area contributed by atoms with Crippen molar-refractivity contribution in [2.45, 2.75) is 40.7 Å². The molecule has 1 amide bonds. The van der Waals surface area contributed by atoms with E-state index in [2.05, 4.69) is 15.4 Å². The van der Waals surface area contributed by atoms with E-state index in [0.29, 0.717) is 41.7 Å². The normalized spacial score (nSPS) is 11.1. The summed E-state index contributed by atoms with van der Waals surface area (Å²) < 4.78 is 13.0. The van der Waals surface area contributed by atoms with Crippen LogP contribution < -0.4 is 14.8 Å². The van der Waals surface area contributed by atoms with E-state index < -0.39 is 0 Å². The fourth-order valence-electron chi connectivity index (χ4n) is 3.01. The van der Waals surface area contributed by atoms with Crippen LogP contribution in [0.3, 0.4) is 0 Å². The predicted molar refractivity (Wildman–Crippen MR) is 109 cm³/mol. The van der Waals surface area contributed by atoms with E-state index in [1.54, 1.807) is 18.3 Å². The molecule has 0 saturated heterocycles. The number of aromatic nitrogens is 3. The number of nitrogens with zero attached hydrogens (tertiary/aromatic N) is 3. The van der Waals surface area contributed by atoms with Crippen LogP contribution in [0.15, 0.2) is 30.5 Å². The molecular weight excluding hydrogens is 356 g/mol. The summed E-state index contributed by atoms with van der Waals surface area (Å²) in [5.41, 5.74) is 2.49. The van der Waals surface area contributed by atoms with Gasteiger partial charge in [0.05, 0.1) is 36.4 Å². The molecule has 0 aliphatic carbocycles. The van der Waals surface area contributed by atoms with E-state index in [-0.39, 0.29) is 11.9 Å². The molecule has 3 aromatic rings. The lowest BCUT2D eigenvalue weighted by Gasteiger charge is -2.14. The molecule has 0 saturated carbocycles. The predicted octanol–water partition coefficient (Wildman–Crippen LogP) is 4.37. The van der Waals surface area contributed by atoms with Crippen LogP contribution in [0.5, 0.6) is 11.5 Å². The van der Waals surface area contributed by atoms with Gasteiger partial charge in [-0.1, -0.05) is 0 Å². The molecule has 1 N–H and O–H groups in total. The van der Waals surface area contributed by atoms with E-state index in [0.717, 1.165) is 11.0 Å². The molecule has 0 fully saturated rings. The van der Waals surface area contributed by atoms with Crippen molar-refractivity contribution < 1.29 is 14.3 Å². The number of anilines is 1. The molecule has 1 aromatic carbocycles. The highest BCUT2D eigenvalue weighted by Gasteiger charge is 2.17. The van der Waals surface area contributed by atoms with Crippen LogP contribution in [0.2, 0.25) is 0 Å². The number of fused-ring (bicyclic) bond motifs is 1. The molecule has 7 nitrogen and oxygen atoms in total. The van der Waals surface area contributed by atoms with Crippen LogP contribution in [0.25, 0.3) is 11.0 Å². The Morgan fingerprint density at radius 1 is 1.18 bits per heavy atom.